The van der Waals surface area contributed by atoms with Crippen LogP contribution in [0.5, 0.6) is 11.5 Å². The topological polar surface area (TPSA) is 73.9 Å². The molecule has 0 unspecified atom stereocenters. The molecule has 0 aromatic heterocycles. The second kappa shape index (κ2) is 8.73. The number of rotatable bonds is 7. The van der Waals surface area contributed by atoms with E-state index in [2.05, 4.69) is 5.32 Å². The number of carbonyl (C=O) groups excluding carboxylic acids is 2. The Hall–Kier alpha value is -3.02. The summed E-state index contributed by atoms with van der Waals surface area (Å²) in [4.78, 5) is 24.2. The number of esters is 1. The molecule has 25 heavy (non-hydrogen) atoms. The molecule has 0 heterocycles. The van der Waals surface area contributed by atoms with Gasteiger partial charge < -0.3 is 19.5 Å². The van der Waals surface area contributed by atoms with Gasteiger partial charge in [0.25, 0.3) is 5.91 Å². The maximum atomic E-state index is 12.1. The Bertz CT molecular complexity index is 727. The number of hydrogen-bond acceptors (Lipinski definition) is 5. The van der Waals surface area contributed by atoms with E-state index >= 15 is 0 Å². The van der Waals surface area contributed by atoms with Crippen LogP contribution >= 0.6 is 0 Å². The fourth-order valence-electron chi connectivity index (χ4n) is 2.11. The van der Waals surface area contributed by atoms with E-state index < -0.39 is 12.1 Å². The molecular formula is C19H21NO5. The van der Waals surface area contributed by atoms with Gasteiger partial charge in [0.1, 0.15) is 11.5 Å². The quantitative estimate of drug-likeness (QED) is 0.782. The minimum atomic E-state index is -0.906. The zero-order chi connectivity index (χ0) is 18.2. The van der Waals surface area contributed by atoms with Crippen molar-refractivity contribution in [1.82, 2.24) is 5.32 Å². The lowest BCUT2D eigenvalue weighted by atomic mass is 10.2. The number of carbonyl (C=O) groups is 2. The van der Waals surface area contributed by atoms with Crippen LogP contribution in [0.4, 0.5) is 0 Å². The van der Waals surface area contributed by atoms with Crippen molar-refractivity contribution in [1.29, 1.82) is 0 Å². The molecule has 6 heteroatoms. The van der Waals surface area contributed by atoms with Gasteiger partial charge in [-0.2, -0.15) is 0 Å². The van der Waals surface area contributed by atoms with Crippen LogP contribution in [0.3, 0.4) is 0 Å². The van der Waals surface area contributed by atoms with E-state index in [-0.39, 0.29) is 5.91 Å². The van der Waals surface area contributed by atoms with Crippen molar-refractivity contribution < 1.29 is 23.8 Å². The largest absolute Gasteiger partial charge is 0.497 e. The monoisotopic (exact) mass is 343 g/mol. The minimum absolute atomic E-state index is 0.328. The molecule has 0 aliphatic rings. The van der Waals surface area contributed by atoms with Gasteiger partial charge in [-0.05, 0) is 42.8 Å². The summed E-state index contributed by atoms with van der Waals surface area (Å²) in [5.41, 5.74) is 1.25. The van der Waals surface area contributed by atoms with Crippen LogP contribution in [0.15, 0.2) is 48.5 Å². The maximum absolute atomic E-state index is 12.1. The summed E-state index contributed by atoms with van der Waals surface area (Å²) in [6, 6.07) is 13.9. The van der Waals surface area contributed by atoms with Crippen LogP contribution in [-0.2, 0) is 16.1 Å². The summed E-state index contributed by atoms with van der Waals surface area (Å²) in [6.07, 6.45) is -0.906. The lowest BCUT2D eigenvalue weighted by molar-refractivity contribution is -0.129. The SMILES string of the molecule is COc1ccc(CNC(=O)[C@@H](C)OC(=O)c2cccc(OC)c2)cc1. The first-order valence-electron chi connectivity index (χ1n) is 7.79. The van der Waals surface area contributed by atoms with Crippen molar-refractivity contribution >= 4 is 11.9 Å². The van der Waals surface area contributed by atoms with Crippen molar-refractivity contribution in [3.8, 4) is 11.5 Å². The molecular weight excluding hydrogens is 322 g/mol. The third-order valence-corrected chi connectivity index (χ3v) is 3.58. The number of hydrogen-bond donors (Lipinski definition) is 1. The molecule has 0 saturated heterocycles. The fraction of sp³-hybridized carbons (Fsp3) is 0.263. The third-order valence-electron chi connectivity index (χ3n) is 3.58. The summed E-state index contributed by atoms with van der Waals surface area (Å²) in [7, 11) is 3.11. The predicted octanol–water partition coefficient (Wildman–Crippen LogP) is 2.57. The first-order valence-corrected chi connectivity index (χ1v) is 7.79. The summed E-state index contributed by atoms with van der Waals surface area (Å²) < 4.78 is 15.3. The molecule has 0 aliphatic heterocycles. The molecule has 6 nitrogen and oxygen atoms in total. The zero-order valence-electron chi connectivity index (χ0n) is 14.4. The van der Waals surface area contributed by atoms with Crippen LogP contribution in [0.2, 0.25) is 0 Å². The van der Waals surface area contributed by atoms with Gasteiger partial charge in [0, 0.05) is 6.54 Å². The van der Waals surface area contributed by atoms with E-state index in [1.807, 2.05) is 24.3 Å². The van der Waals surface area contributed by atoms with Gasteiger partial charge in [0.05, 0.1) is 19.8 Å². The number of nitrogens with one attached hydrogen (secondary N) is 1. The van der Waals surface area contributed by atoms with Crippen molar-refractivity contribution in [2.45, 2.75) is 19.6 Å². The van der Waals surface area contributed by atoms with E-state index in [9.17, 15) is 9.59 Å². The number of methoxy groups -OCH3 is 2. The molecule has 0 fully saturated rings. The van der Waals surface area contributed by atoms with E-state index in [4.69, 9.17) is 14.2 Å². The summed E-state index contributed by atoms with van der Waals surface area (Å²) >= 11 is 0. The molecule has 1 amide bonds. The van der Waals surface area contributed by atoms with Crippen molar-refractivity contribution in [2.24, 2.45) is 0 Å². The molecule has 1 atom stereocenters. The normalized spacial score (nSPS) is 11.3. The second-order valence-electron chi connectivity index (χ2n) is 5.35. The van der Waals surface area contributed by atoms with Gasteiger partial charge in [0.15, 0.2) is 6.10 Å². The first-order chi connectivity index (χ1) is 12.0. The second-order valence-corrected chi connectivity index (χ2v) is 5.35. The van der Waals surface area contributed by atoms with Gasteiger partial charge in [-0.3, -0.25) is 4.79 Å². The highest BCUT2D eigenvalue weighted by Gasteiger charge is 2.19. The average Bonchev–Trinajstić information content (AvgIpc) is 2.66. The maximum Gasteiger partial charge on any atom is 0.339 e. The lowest BCUT2D eigenvalue weighted by Gasteiger charge is -2.14. The summed E-state index contributed by atoms with van der Waals surface area (Å²) in [5, 5.41) is 2.73. The lowest BCUT2D eigenvalue weighted by Crippen LogP contribution is -2.35. The van der Waals surface area contributed by atoms with Crippen LogP contribution in [-0.4, -0.2) is 32.2 Å². The Morgan fingerprint density at radius 2 is 1.68 bits per heavy atom. The Balaban J connectivity index is 1.87. The molecule has 0 radical (unpaired) electrons. The smallest absolute Gasteiger partial charge is 0.339 e. The molecule has 2 aromatic rings. The Kier molecular flexibility index (Phi) is 6.39. The minimum Gasteiger partial charge on any atom is -0.497 e. The van der Waals surface area contributed by atoms with Crippen molar-refractivity contribution in [3.63, 3.8) is 0 Å². The van der Waals surface area contributed by atoms with Crippen molar-refractivity contribution in [3.05, 3.63) is 59.7 Å². The van der Waals surface area contributed by atoms with E-state index in [1.54, 1.807) is 31.4 Å². The average molecular weight is 343 g/mol. The van der Waals surface area contributed by atoms with Gasteiger partial charge in [-0.25, -0.2) is 4.79 Å². The Labute approximate surface area is 146 Å². The van der Waals surface area contributed by atoms with E-state index in [1.165, 1.54) is 14.0 Å². The molecule has 0 bridgehead atoms. The Morgan fingerprint density at radius 1 is 1.00 bits per heavy atom. The third kappa shape index (κ3) is 5.24. The van der Waals surface area contributed by atoms with Crippen LogP contribution in [0.25, 0.3) is 0 Å². The molecule has 0 spiro atoms. The highest BCUT2D eigenvalue weighted by molar-refractivity contribution is 5.92. The Morgan fingerprint density at radius 3 is 2.32 bits per heavy atom. The first kappa shape index (κ1) is 18.3. The predicted molar refractivity (Wildman–Crippen MR) is 92.7 cm³/mol. The molecule has 0 aliphatic carbocycles. The fourth-order valence-corrected chi connectivity index (χ4v) is 2.11. The van der Waals surface area contributed by atoms with E-state index in [0.29, 0.717) is 17.9 Å². The standard InChI is InChI=1S/C19H21NO5/c1-13(25-19(22)15-5-4-6-17(11-15)24-3)18(21)20-12-14-7-9-16(23-2)10-8-14/h4-11,13H,12H2,1-3H3,(H,20,21)/t13-/m1/s1. The van der Waals surface area contributed by atoms with Crippen LogP contribution in [0.1, 0.15) is 22.8 Å². The number of benzene rings is 2. The molecule has 1 N–H and O–H groups in total. The van der Waals surface area contributed by atoms with Crippen LogP contribution < -0.4 is 14.8 Å². The van der Waals surface area contributed by atoms with Crippen molar-refractivity contribution in [2.75, 3.05) is 14.2 Å². The number of amides is 1. The van der Waals surface area contributed by atoms with Crippen LogP contribution in [0, 0.1) is 0 Å². The highest BCUT2D eigenvalue weighted by atomic mass is 16.5. The van der Waals surface area contributed by atoms with Gasteiger partial charge in [0.2, 0.25) is 0 Å². The molecule has 0 saturated carbocycles. The summed E-state index contributed by atoms with van der Waals surface area (Å²) in [6.45, 7) is 1.87. The van der Waals surface area contributed by atoms with E-state index in [0.717, 1.165) is 11.3 Å². The summed E-state index contributed by atoms with van der Waals surface area (Å²) in [5.74, 6) is 0.347. The number of ether oxygens (including phenoxy) is 3. The highest BCUT2D eigenvalue weighted by Crippen LogP contribution is 2.14. The molecule has 2 rings (SSSR count). The van der Waals surface area contributed by atoms with Gasteiger partial charge in [-0.1, -0.05) is 18.2 Å². The molecule has 2 aromatic carbocycles. The van der Waals surface area contributed by atoms with Gasteiger partial charge >= 0.3 is 5.97 Å². The zero-order valence-corrected chi connectivity index (χ0v) is 14.4. The molecule has 132 valence electrons. The van der Waals surface area contributed by atoms with Gasteiger partial charge in [-0.15, -0.1) is 0 Å².